The van der Waals surface area contributed by atoms with Gasteiger partial charge in [0, 0.05) is 0 Å². The minimum Gasteiger partial charge on any atom is -0.374 e. The summed E-state index contributed by atoms with van der Waals surface area (Å²) in [5, 5.41) is 0. The third kappa shape index (κ3) is 6.07. The number of unbranched alkanes of at least 4 members (excludes halogenated alkanes) is 3. The summed E-state index contributed by atoms with van der Waals surface area (Å²) in [6, 6.07) is 0. The quantitative estimate of drug-likeness (QED) is 0.348. The predicted octanol–water partition coefficient (Wildman–Crippen LogP) is 6.52. The van der Waals surface area contributed by atoms with Gasteiger partial charge in [-0.05, 0) is 56.3 Å². The molecule has 0 unspecified atom stereocenters. The lowest BCUT2D eigenvalue weighted by molar-refractivity contribution is 0.0210. The fourth-order valence-electron chi connectivity index (χ4n) is 4.74. The molecule has 0 atom stereocenters. The van der Waals surface area contributed by atoms with Crippen molar-refractivity contribution >= 4 is 0 Å². The molecule has 1 nitrogen and oxygen atoms in total. The van der Waals surface area contributed by atoms with Gasteiger partial charge in [0.15, 0.2) is 0 Å². The SMILES string of the molecule is C=CCO[C@H]1CC[C@H]([C@H]2CC[C@H](CCCCCC)CC2)CC1. The van der Waals surface area contributed by atoms with Gasteiger partial charge in [-0.3, -0.25) is 0 Å². The Morgan fingerprint density at radius 2 is 1.50 bits per heavy atom. The molecule has 2 aliphatic rings. The van der Waals surface area contributed by atoms with E-state index < -0.39 is 0 Å². The summed E-state index contributed by atoms with van der Waals surface area (Å²) in [7, 11) is 0. The average Bonchev–Trinajstić information content (AvgIpc) is 2.58. The summed E-state index contributed by atoms with van der Waals surface area (Å²) < 4.78 is 5.83. The van der Waals surface area contributed by atoms with Gasteiger partial charge in [-0.15, -0.1) is 6.58 Å². The van der Waals surface area contributed by atoms with E-state index in [0.717, 1.165) is 24.4 Å². The van der Waals surface area contributed by atoms with Gasteiger partial charge in [-0.25, -0.2) is 0 Å². The molecular weight excluding hydrogens is 268 g/mol. The number of hydrogen-bond acceptors (Lipinski definition) is 1. The maximum Gasteiger partial charge on any atom is 0.0648 e. The molecule has 0 amide bonds. The van der Waals surface area contributed by atoms with Crippen molar-refractivity contribution in [1.29, 1.82) is 0 Å². The van der Waals surface area contributed by atoms with Gasteiger partial charge in [0.25, 0.3) is 0 Å². The molecule has 0 aliphatic heterocycles. The van der Waals surface area contributed by atoms with Crippen molar-refractivity contribution in [3.63, 3.8) is 0 Å². The fraction of sp³-hybridized carbons (Fsp3) is 0.905. The molecule has 0 spiro atoms. The van der Waals surface area contributed by atoms with E-state index in [1.54, 1.807) is 0 Å². The lowest BCUT2D eigenvalue weighted by Gasteiger charge is -2.37. The molecule has 0 saturated heterocycles. The van der Waals surface area contributed by atoms with Gasteiger partial charge in [-0.2, -0.15) is 0 Å². The molecule has 0 bridgehead atoms. The summed E-state index contributed by atoms with van der Waals surface area (Å²) in [4.78, 5) is 0. The molecule has 2 rings (SSSR count). The monoisotopic (exact) mass is 306 g/mol. The first kappa shape index (κ1) is 18.0. The molecule has 0 aromatic carbocycles. The zero-order chi connectivity index (χ0) is 15.6. The third-order valence-corrected chi connectivity index (χ3v) is 6.19. The summed E-state index contributed by atoms with van der Waals surface area (Å²) in [5.41, 5.74) is 0. The maximum absolute atomic E-state index is 5.83. The van der Waals surface area contributed by atoms with E-state index in [1.165, 1.54) is 83.5 Å². The number of hydrogen-bond donors (Lipinski definition) is 0. The van der Waals surface area contributed by atoms with Gasteiger partial charge in [0.05, 0.1) is 12.7 Å². The van der Waals surface area contributed by atoms with Crippen molar-refractivity contribution in [3.8, 4) is 0 Å². The van der Waals surface area contributed by atoms with Crippen molar-refractivity contribution in [2.75, 3.05) is 6.61 Å². The fourth-order valence-corrected chi connectivity index (χ4v) is 4.74. The average molecular weight is 307 g/mol. The second-order valence-corrected chi connectivity index (χ2v) is 7.79. The third-order valence-electron chi connectivity index (χ3n) is 6.19. The first-order valence-electron chi connectivity index (χ1n) is 10.1. The zero-order valence-electron chi connectivity index (χ0n) is 14.9. The Hall–Kier alpha value is -0.300. The van der Waals surface area contributed by atoms with Crippen LogP contribution < -0.4 is 0 Å². The van der Waals surface area contributed by atoms with Crippen molar-refractivity contribution in [2.45, 2.75) is 96.5 Å². The molecule has 0 aromatic rings. The van der Waals surface area contributed by atoms with E-state index >= 15 is 0 Å². The highest BCUT2D eigenvalue weighted by atomic mass is 16.5. The lowest BCUT2D eigenvalue weighted by Crippen LogP contribution is -2.28. The van der Waals surface area contributed by atoms with Gasteiger partial charge in [0.1, 0.15) is 0 Å². The zero-order valence-corrected chi connectivity index (χ0v) is 14.9. The van der Waals surface area contributed by atoms with Crippen LogP contribution >= 0.6 is 0 Å². The summed E-state index contributed by atoms with van der Waals surface area (Å²) >= 11 is 0. The summed E-state index contributed by atoms with van der Waals surface area (Å²) in [6.07, 6.45) is 21.1. The second kappa shape index (κ2) is 10.5. The Labute approximate surface area is 138 Å². The van der Waals surface area contributed by atoms with Crippen LogP contribution in [0.3, 0.4) is 0 Å². The van der Waals surface area contributed by atoms with Gasteiger partial charge >= 0.3 is 0 Å². The summed E-state index contributed by atoms with van der Waals surface area (Å²) in [6.45, 7) is 6.79. The topological polar surface area (TPSA) is 9.23 Å². The predicted molar refractivity (Wildman–Crippen MR) is 96.1 cm³/mol. The highest BCUT2D eigenvalue weighted by molar-refractivity contribution is 4.82. The highest BCUT2D eigenvalue weighted by Gasteiger charge is 2.30. The van der Waals surface area contributed by atoms with E-state index in [4.69, 9.17) is 4.74 Å². The van der Waals surface area contributed by atoms with E-state index in [1.807, 2.05) is 6.08 Å². The van der Waals surface area contributed by atoms with Crippen LogP contribution in [0.25, 0.3) is 0 Å². The second-order valence-electron chi connectivity index (χ2n) is 7.79. The Morgan fingerprint density at radius 1 is 0.864 bits per heavy atom. The van der Waals surface area contributed by atoms with E-state index in [9.17, 15) is 0 Å². The Balaban J connectivity index is 1.58. The molecular formula is C21H38O. The molecule has 128 valence electrons. The van der Waals surface area contributed by atoms with Crippen molar-refractivity contribution in [2.24, 2.45) is 17.8 Å². The lowest BCUT2D eigenvalue weighted by atomic mass is 9.70. The number of rotatable bonds is 9. The van der Waals surface area contributed by atoms with Crippen LogP contribution in [-0.4, -0.2) is 12.7 Å². The number of ether oxygens (including phenoxy) is 1. The van der Waals surface area contributed by atoms with Crippen LogP contribution in [0.15, 0.2) is 12.7 Å². The summed E-state index contributed by atoms with van der Waals surface area (Å²) in [5.74, 6) is 3.09. The van der Waals surface area contributed by atoms with Crippen LogP contribution in [0.2, 0.25) is 0 Å². The minimum absolute atomic E-state index is 0.518. The van der Waals surface area contributed by atoms with Crippen molar-refractivity contribution in [1.82, 2.24) is 0 Å². The van der Waals surface area contributed by atoms with Crippen LogP contribution in [0.1, 0.15) is 90.4 Å². The standard InChI is InChI=1S/C21H38O/c1-3-5-6-7-8-18-9-11-19(12-10-18)20-13-15-21(16-14-20)22-17-4-2/h4,18-21H,2-3,5-17H2,1H3/t18-,19-,20-,21-. The van der Waals surface area contributed by atoms with Gasteiger partial charge < -0.3 is 4.74 Å². The Kier molecular flexibility index (Phi) is 8.59. The molecule has 0 heterocycles. The Morgan fingerprint density at radius 3 is 2.09 bits per heavy atom. The van der Waals surface area contributed by atoms with E-state index in [-0.39, 0.29) is 0 Å². The molecule has 2 fully saturated rings. The Bertz CT molecular complexity index is 282. The molecule has 0 radical (unpaired) electrons. The van der Waals surface area contributed by atoms with Crippen LogP contribution in [0.5, 0.6) is 0 Å². The smallest absolute Gasteiger partial charge is 0.0648 e. The molecule has 2 aliphatic carbocycles. The molecule has 0 N–H and O–H groups in total. The minimum atomic E-state index is 0.518. The molecule has 1 heteroatoms. The van der Waals surface area contributed by atoms with Gasteiger partial charge in [-0.1, -0.05) is 57.9 Å². The van der Waals surface area contributed by atoms with E-state index in [2.05, 4.69) is 13.5 Å². The van der Waals surface area contributed by atoms with Crippen LogP contribution in [0, 0.1) is 17.8 Å². The first-order chi connectivity index (χ1) is 10.8. The van der Waals surface area contributed by atoms with Crippen molar-refractivity contribution < 1.29 is 4.74 Å². The van der Waals surface area contributed by atoms with Crippen LogP contribution in [-0.2, 0) is 4.74 Å². The normalized spacial score (nSPS) is 32.8. The molecule has 0 aromatic heterocycles. The van der Waals surface area contributed by atoms with Crippen LogP contribution in [0.4, 0.5) is 0 Å². The maximum atomic E-state index is 5.83. The highest BCUT2D eigenvalue weighted by Crippen LogP contribution is 2.41. The largest absolute Gasteiger partial charge is 0.374 e. The first-order valence-corrected chi connectivity index (χ1v) is 10.1. The van der Waals surface area contributed by atoms with E-state index in [0.29, 0.717) is 6.10 Å². The molecule has 22 heavy (non-hydrogen) atoms. The van der Waals surface area contributed by atoms with Crippen molar-refractivity contribution in [3.05, 3.63) is 12.7 Å². The molecule has 2 saturated carbocycles. The van der Waals surface area contributed by atoms with Gasteiger partial charge in [0.2, 0.25) is 0 Å².